The first-order chi connectivity index (χ1) is 9.82. The van der Waals surface area contributed by atoms with Crippen molar-refractivity contribution >= 4 is 0 Å². The molecular formula is C16H27N5. The van der Waals surface area contributed by atoms with Gasteiger partial charge in [0.15, 0.2) is 0 Å². The molecule has 1 unspecified atom stereocenters. The second-order valence-corrected chi connectivity index (χ2v) is 6.53. The first-order valence-corrected chi connectivity index (χ1v) is 7.63. The highest BCUT2D eigenvalue weighted by Crippen LogP contribution is 2.21. The maximum absolute atomic E-state index is 4.64. The lowest BCUT2D eigenvalue weighted by molar-refractivity contribution is 0.353. The summed E-state index contributed by atoms with van der Waals surface area (Å²) >= 11 is 0. The summed E-state index contributed by atoms with van der Waals surface area (Å²) in [6.45, 7) is 14.6. The smallest absolute Gasteiger partial charge is 0.0641 e. The van der Waals surface area contributed by atoms with Crippen molar-refractivity contribution in [2.75, 3.05) is 0 Å². The van der Waals surface area contributed by atoms with E-state index in [0.717, 1.165) is 18.8 Å². The van der Waals surface area contributed by atoms with Gasteiger partial charge < -0.3 is 5.32 Å². The zero-order valence-electron chi connectivity index (χ0n) is 14.0. The van der Waals surface area contributed by atoms with E-state index in [1.54, 1.807) is 0 Å². The minimum Gasteiger partial charge on any atom is -0.304 e. The third-order valence-corrected chi connectivity index (χ3v) is 3.78. The molecule has 0 spiro atoms. The highest BCUT2D eigenvalue weighted by atomic mass is 15.3. The second-order valence-electron chi connectivity index (χ2n) is 6.53. The number of nitrogens with zero attached hydrogens (tertiary/aromatic N) is 4. The molecule has 1 N–H and O–H groups in total. The van der Waals surface area contributed by atoms with Crippen LogP contribution < -0.4 is 5.32 Å². The standard InChI is InChI=1S/C16H27N5/c1-7-20-14(8-9-18-20)10-17-12(2)15-11-21(16(4,5)6)19-13(15)3/h8-9,11-12,17H,7,10H2,1-6H3. The molecule has 1 atom stereocenters. The summed E-state index contributed by atoms with van der Waals surface area (Å²) in [7, 11) is 0. The molecule has 0 aliphatic heterocycles. The van der Waals surface area contributed by atoms with Crippen LogP contribution in [0.1, 0.15) is 57.6 Å². The number of nitrogens with one attached hydrogen (secondary N) is 1. The maximum atomic E-state index is 4.64. The summed E-state index contributed by atoms with van der Waals surface area (Å²) in [5, 5.41) is 12.5. The van der Waals surface area contributed by atoms with Gasteiger partial charge in [0.1, 0.15) is 0 Å². The van der Waals surface area contributed by atoms with Crippen LogP contribution in [0.2, 0.25) is 0 Å². The Morgan fingerprint density at radius 3 is 2.62 bits per heavy atom. The van der Waals surface area contributed by atoms with Gasteiger partial charge in [-0.2, -0.15) is 10.2 Å². The van der Waals surface area contributed by atoms with Gasteiger partial charge in [-0.25, -0.2) is 0 Å². The molecule has 0 aromatic carbocycles. The Morgan fingerprint density at radius 1 is 1.33 bits per heavy atom. The fourth-order valence-electron chi connectivity index (χ4n) is 2.40. The van der Waals surface area contributed by atoms with Crippen LogP contribution in [-0.4, -0.2) is 19.6 Å². The lowest BCUT2D eigenvalue weighted by atomic mass is 10.1. The quantitative estimate of drug-likeness (QED) is 0.920. The summed E-state index contributed by atoms with van der Waals surface area (Å²) < 4.78 is 4.07. The van der Waals surface area contributed by atoms with E-state index < -0.39 is 0 Å². The van der Waals surface area contributed by atoms with Crippen LogP contribution in [0.25, 0.3) is 0 Å². The van der Waals surface area contributed by atoms with Crippen LogP contribution in [0, 0.1) is 6.92 Å². The lowest BCUT2D eigenvalue weighted by Gasteiger charge is -2.19. The summed E-state index contributed by atoms with van der Waals surface area (Å²) in [6, 6.07) is 2.33. The highest BCUT2D eigenvalue weighted by molar-refractivity contribution is 5.20. The Hall–Kier alpha value is -1.62. The largest absolute Gasteiger partial charge is 0.304 e. The third-order valence-electron chi connectivity index (χ3n) is 3.78. The predicted octanol–water partition coefficient (Wildman–Crippen LogP) is 3.01. The molecule has 5 heteroatoms. The first kappa shape index (κ1) is 15.8. The van der Waals surface area contributed by atoms with Crippen LogP contribution in [0.4, 0.5) is 0 Å². The zero-order valence-corrected chi connectivity index (χ0v) is 14.0. The molecule has 21 heavy (non-hydrogen) atoms. The molecular weight excluding hydrogens is 262 g/mol. The van der Waals surface area contributed by atoms with Gasteiger partial charge in [-0.15, -0.1) is 0 Å². The third kappa shape index (κ3) is 3.53. The van der Waals surface area contributed by atoms with Crippen LogP contribution in [0.5, 0.6) is 0 Å². The Labute approximate surface area is 127 Å². The van der Waals surface area contributed by atoms with Crippen LogP contribution in [0.15, 0.2) is 18.5 Å². The van der Waals surface area contributed by atoms with E-state index in [0.29, 0.717) is 0 Å². The van der Waals surface area contributed by atoms with Crippen molar-refractivity contribution in [3.8, 4) is 0 Å². The summed E-state index contributed by atoms with van der Waals surface area (Å²) in [5.74, 6) is 0. The van der Waals surface area contributed by atoms with Gasteiger partial charge >= 0.3 is 0 Å². The van der Waals surface area contributed by atoms with Crippen molar-refractivity contribution in [3.63, 3.8) is 0 Å². The van der Waals surface area contributed by atoms with E-state index in [1.807, 2.05) is 15.6 Å². The molecule has 2 rings (SSSR count). The molecule has 0 amide bonds. The number of rotatable bonds is 5. The van der Waals surface area contributed by atoms with Crippen molar-refractivity contribution in [2.45, 2.75) is 66.2 Å². The maximum Gasteiger partial charge on any atom is 0.0641 e. The van der Waals surface area contributed by atoms with Gasteiger partial charge in [-0.1, -0.05) is 0 Å². The number of hydrogen-bond donors (Lipinski definition) is 1. The highest BCUT2D eigenvalue weighted by Gasteiger charge is 2.19. The molecule has 0 radical (unpaired) electrons. The molecule has 116 valence electrons. The number of hydrogen-bond acceptors (Lipinski definition) is 3. The molecule has 5 nitrogen and oxygen atoms in total. The van der Waals surface area contributed by atoms with Crippen LogP contribution in [0.3, 0.4) is 0 Å². The van der Waals surface area contributed by atoms with Gasteiger partial charge in [-0.3, -0.25) is 9.36 Å². The molecule has 0 saturated heterocycles. The lowest BCUT2D eigenvalue weighted by Crippen LogP contribution is -2.22. The van der Waals surface area contributed by atoms with E-state index in [4.69, 9.17) is 0 Å². The molecule has 2 aromatic heterocycles. The normalized spacial score (nSPS) is 13.6. The molecule has 2 heterocycles. The van der Waals surface area contributed by atoms with Crippen LogP contribution in [-0.2, 0) is 18.6 Å². The fourth-order valence-corrected chi connectivity index (χ4v) is 2.40. The molecule has 0 saturated carbocycles. The SMILES string of the molecule is CCn1nccc1CNC(C)c1cn(C(C)(C)C)nc1C. The van der Waals surface area contributed by atoms with E-state index >= 15 is 0 Å². The van der Waals surface area contributed by atoms with Crippen molar-refractivity contribution in [1.29, 1.82) is 0 Å². The second kappa shape index (κ2) is 6.02. The molecule has 0 bridgehead atoms. The predicted molar refractivity (Wildman–Crippen MR) is 85.1 cm³/mol. The molecule has 2 aromatic rings. The summed E-state index contributed by atoms with van der Waals surface area (Å²) in [5.41, 5.74) is 3.58. The molecule has 0 aliphatic carbocycles. The number of aromatic nitrogens is 4. The molecule has 0 aliphatic rings. The van der Waals surface area contributed by atoms with Crippen molar-refractivity contribution in [2.24, 2.45) is 0 Å². The number of aryl methyl sites for hydroxylation is 2. The van der Waals surface area contributed by atoms with Crippen molar-refractivity contribution < 1.29 is 0 Å². The Kier molecular flexibility index (Phi) is 4.52. The minimum atomic E-state index is 0.0174. The van der Waals surface area contributed by atoms with E-state index in [2.05, 4.69) is 69.3 Å². The average molecular weight is 289 g/mol. The zero-order chi connectivity index (χ0) is 15.6. The Morgan fingerprint density at radius 2 is 2.05 bits per heavy atom. The van der Waals surface area contributed by atoms with E-state index in [-0.39, 0.29) is 11.6 Å². The van der Waals surface area contributed by atoms with E-state index in [1.165, 1.54) is 11.3 Å². The van der Waals surface area contributed by atoms with E-state index in [9.17, 15) is 0 Å². The molecule has 0 fully saturated rings. The topological polar surface area (TPSA) is 47.7 Å². The first-order valence-electron chi connectivity index (χ1n) is 7.63. The van der Waals surface area contributed by atoms with Crippen molar-refractivity contribution in [3.05, 3.63) is 35.4 Å². The van der Waals surface area contributed by atoms with Crippen LogP contribution >= 0.6 is 0 Å². The minimum absolute atomic E-state index is 0.0174. The summed E-state index contributed by atoms with van der Waals surface area (Å²) in [4.78, 5) is 0. The Balaban J connectivity index is 2.07. The monoisotopic (exact) mass is 289 g/mol. The van der Waals surface area contributed by atoms with Crippen molar-refractivity contribution in [1.82, 2.24) is 24.9 Å². The summed E-state index contributed by atoms with van der Waals surface area (Å²) in [6.07, 6.45) is 4.01. The van der Waals surface area contributed by atoms with Gasteiger partial charge in [0.25, 0.3) is 0 Å². The van der Waals surface area contributed by atoms with Gasteiger partial charge in [-0.05, 0) is 47.6 Å². The van der Waals surface area contributed by atoms with Gasteiger partial charge in [0.05, 0.1) is 16.9 Å². The van der Waals surface area contributed by atoms with Gasteiger partial charge in [0, 0.05) is 37.1 Å². The fraction of sp³-hybridized carbons (Fsp3) is 0.625. The Bertz CT molecular complexity index is 588. The average Bonchev–Trinajstić information content (AvgIpc) is 3.01. The van der Waals surface area contributed by atoms with Gasteiger partial charge in [0.2, 0.25) is 0 Å².